The van der Waals surface area contributed by atoms with Crippen LogP contribution in [0.2, 0.25) is 0 Å². The lowest BCUT2D eigenvalue weighted by atomic mass is 10.0. The zero-order valence-corrected chi connectivity index (χ0v) is 8.29. The third-order valence-corrected chi connectivity index (χ3v) is 1.99. The summed E-state index contributed by atoms with van der Waals surface area (Å²) >= 11 is 0. The van der Waals surface area contributed by atoms with Gasteiger partial charge in [-0.1, -0.05) is 30.4 Å². The zero-order chi connectivity index (χ0) is 9.84. The first-order valence-electron chi connectivity index (χ1n) is 4.39. The van der Waals surface area contributed by atoms with Gasteiger partial charge in [-0.15, -0.1) is 0 Å². The van der Waals surface area contributed by atoms with Gasteiger partial charge in [0.15, 0.2) is 5.78 Å². The molecule has 0 heterocycles. The summed E-state index contributed by atoms with van der Waals surface area (Å²) in [4.78, 5) is 11.1. The van der Waals surface area contributed by atoms with Gasteiger partial charge in [-0.3, -0.25) is 4.79 Å². The summed E-state index contributed by atoms with van der Waals surface area (Å²) in [5, 5.41) is 0. The molecule has 13 heavy (non-hydrogen) atoms. The highest BCUT2D eigenvalue weighted by atomic mass is 16.1. The maximum Gasteiger partial charge on any atom is 0.160 e. The van der Waals surface area contributed by atoms with Crippen molar-refractivity contribution in [1.82, 2.24) is 0 Å². The summed E-state index contributed by atoms with van der Waals surface area (Å²) in [5.74, 6) is 0.129. The Bertz CT molecular complexity index is 348. The highest BCUT2D eigenvalue weighted by molar-refractivity contribution is 5.95. The Kier molecular flexibility index (Phi) is 3.02. The highest BCUT2D eigenvalue weighted by Gasteiger charge is 2.02. The second-order valence-electron chi connectivity index (χ2n) is 3.13. The quantitative estimate of drug-likeness (QED) is 0.629. The first-order chi connectivity index (χ1) is 6.15. The van der Waals surface area contributed by atoms with Crippen LogP contribution in [0, 0.1) is 6.92 Å². The van der Waals surface area contributed by atoms with Crippen LogP contribution in [0.1, 0.15) is 35.3 Å². The van der Waals surface area contributed by atoms with Crippen LogP contribution >= 0.6 is 0 Å². The van der Waals surface area contributed by atoms with Crippen molar-refractivity contribution in [2.75, 3.05) is 0 Å². The van der Waals surface area contributed by atoms with Crippen LogP contribution in [0.25, 0.3) is 6.08 Å². The maximum absolute atomic E-state index is 11.1. The lowest BCUT2D eigenvalue weighted by molar-refractivity contribution is 0.101. The van der Waals surface area contributed by atoms with Crippen molar-refractivity contribution >= 4 is 11.9 Å². The number of hydrogen-bond acceptors (Lipinski definition) is 1. The molecule has 1 heteroatoms. The van der Waals surface area contributed by atoms with Gasteiger partial charge in [0.05, 0.1) is 0 Å². The number of carbonyl (C=O) groups excluding carboxylic acids is 1. The van der Waals surface area contributed by atoms with Crippen molar-refractivity contribution < 1.29 is 4.79 Å². The molecule has 0 aliphatic carbocycles. The SMILES string of the molecule is C/C=C\c1ccc(C(C)=O)c(C)c1. The van der Waals surface area contributed by atoms with Crippen molar-refractivity contribution in [2.45, 2.75) is 20.8 Å². The average molecular weight is 174 g/mol. The molecule has 1 aromatic carbocycles. The van der Waals surface area contributed by atoms with Gasteiger partial charge in [-0.25, -0.2) is 0 Å². The predicted molar refractivity (Wildman–Crippen MR) is 55.9 cm³/mol. The van der Waals surface area contributed by atoms with Crippen molar-refractivity contribution in [2.24, 2.45) is 0 Å². The molecule has 0 radical (unpaired) electrons. The number of rotatable bonds is 2. The molecular formula is C12H14O. The fourth-order valence-corrected chi connectivity index (χ4v) is 1.38. The molecule has 0 N–H and O–H groups in total. The lowest BCUT2D eigenvalue weighted by Gasteiger charge is -2.02. The molecule has 0 aliphatic rings. The van der Waals surface area contributed by atoms with E-state index < -0.39 is 0 Å². The van der Waals surface area contributed by atoms with Gasteiger partial charge in [0, 0.05) is 5.56 Å². The number of benzene rings is 1. The van der Waals surface area contributed by atoms with Crippen LogP contribution in [0.5, 0.6) is 0 Å². The van der Waals surface area contributed by atoms with Crippen LogP contribution < -0.4 is 0 Å². The molecule has 0 aliphatic heterocycles. The molecule has 68 valence electrons. The molecule has 0 amide bonds. The summed E-state index contributed by atoms with van der Waals surface area (Å²) < 4.78 is 0. The second kappa shape index (κ2) is 4.04. The Morgan fingerprint density at radius 3 is 2.54 bits per heavy atom. The maximum atomic E-state index is 11.1. The second-order valence-corrected chi connectivity index (χ2v) is 3.13. The Labute approximate surface area is 79.1 Å². The Hall–Kier alpha value is -1.37. The van der Waals surface area contributed by atoms with E-state index in [0.717, 1.165) is 16.7 Å². The smallest absolute Gasteiger partial charge is 0.160 e. The minimum atomic E-state index is 0.129. The molecule has 0 unspecified atom stereocenters. The molecular weight excluding hydrogens is 160 g/mol. The minimum absolute atomic E-state index is 0.129. The molecule has 0 spiro atoms. The summed E-state index contributed by atoms with van der Waals surface area (Å²) in [6.45, 7) is 5.54. The number of aryl methyl sites for hydroxylation is 1. The van der Waals surface area contributed by atoms with Crippen molar-refractivity contribution in [1.29, 1.82) is 0 Å². The molecule has 0 saturated carbocycles. The summed E-state index contributed by atoms with van der Waals surface area (Å²) in [6.07, 6.45) is 4.01. The van der Waals surface area contributed by atoms with Crippen molar-refractivity contribution in [3.8, 4) is 0 Å². The van der Waals surface area contributed by atoms with E-state index in [1.807, 2.05) is 44.2 Å². The van der Waals surface area contributed by atoms with Gasteiger partial charge in [0.1, 0.15) is 0 Å². The first-order valence-corrected chi connectivity index (χ1v) is 4.39. The molecule has 0 atom stereocenters. The summed E-state index contributed by atoms with van der Waals surface area (Å²) in [6, 6.07) is 5.87. The van der Waals surface area contributed by atoms with Gasteiger partial charge >= 0.3 is 0 Å². The van der Waals surface area contributed by atoms with E-state index in [1.54, 1.807) is 6.92 Å². The molecule has 1 rings (SSSR count). The average Bonchev–Trinajstić information content (AvgIpc) is 2.04. The number of Topliss-reactive ketones (excluding diaryl/α,β-unsaturated/α-hetero) is 1. The number of allylic oxidation sites excluding steroid dienone is 1. The normalized spacial score (nSPS) is 10.7. The van der Waals surface area contributed by atoms with E-state index in [0.29, 0.717) is 0 Å². The molecule has 0 bridgehead atoms. The van der Waals surface area contributed by atoms with Crippen LogP contribution in [-0.4, -0.2) is 5.78 Å². The van der Waals surface area contributed by atoms with E-state index in [1.165, 1.54) is 0 Å². The van der Waals surface area contributed by atoms with Crippen LogP contribution in [0.4, 0.5) is 0 Å². The van der Waals surface area contributed by atoms with E-state index >= 15 is 0 Å². The number of carbonyl (C=O) groups is 1. The topological polar surface area (TPSA) is 17.1 Å². The van der Waals surface area contributed by atoms with Gasteiger partial charge in [-0.2, -0.15) is 0 Å². The third-order valence-electron chi connectivity index (χ3n) is 1.99. The standard InChI is InChI=1S/C12H14O/c1-4-5-11-6-7-12(10(3)13)9(2)8-11/h4-8H,1-3H3/b5-4-. The largest absolute Gasteiger partial charge is 0.295 e. The molecule has 0 fully saturated rings. The predicted octanol–water partition coefficient (Wildman–Crippen LogP) is 3.23. The molecule has 0 saturated heterocycles. The highest BCUT2D eigenvalue weighted by Crippen LogP contribution is 2.12. The summed E-state index contributed by atoms with van der Waals surface area (Å²) in [7, 11) is 0. The Morgan fingerprint density at radius 2 is 2.08 bits per heavy atom. The van der Waals surface area contributed by atoms with Crippen molar-refractivity contribution in [3.63, 3.8) is 0 Å². The van der Waals surface area contributed by atoms with Gasteiger partial charge < -0.3 is 0 Å². The third kappa shape index (κ3) is 2.28. The Morgan fingerprint density at radius 1 is 1.38 bits per heavy atom. The number of ketones is 1. The van der Waals surface area contributed by atoms with Crippen molar-refractivity contribution in [3.05, 3.63) is 41.0 Å². The van der Waals surface area contributed by atoms with Gasteiger partial charge in [-0.05, 0) is 31.9 Å². The molecule has 0 aromatic heterocycles. The van der Waals surface area contributed by atoms with Crippen LogP contribution in [-0.2, 0) is 0 Å². The van der Waals surface area contributed by atoms with E-state index in [4.69, 9.17) is 0 Å². The zero-order valence-electron chi connectivity index (χ0n) is 8.29. The van der Waals surface area contributed by atoms with Gasteiger partial charge in [0.2, 0.25) is 0 Å². The first kappa shape index (κ1) is 9.72. The van der Waals surface area contributed by atoms with E-state index in [-0.39, 0.29) is 5.78 Å². The molecule has 1 aromatic rings. The Balaban J connectivity index is 3.12. The van der Waals surface area contributed by atoms with Crippen LogP contribution in [0.15, 0.2) is 24.3 Å². The summed E-state index contributed by atoms with van der Waals surface area (Å²) in [5.41, 5.74) is 3.00. The van der Waals surface area contributed by atoms with Crippen LogP contribution in [0.3, 0.4) is 0 Å². The fourth-order valence-electron chi connectivity index (χ4n) is 1.38. The number of hydrogen-bond donors (Lipinski definition) is 0. The van der Waals surface area contributed by atoms with E-state index in [2.05, 4.69) is 0 Å². The monoisotopic (exact) mass is 174 g/mol. The minimum Gasteiger partial charge on any atom is -0.295 e. The fraction of sp³-hybridized carbons (Fsp3) is 0.250. The lowest BCUT2D eigenvalue weighted by Crippen LogP contribution is -1.95. The van der Waals surface area contributed by atoms with Gasteiger partial charge in [0.25, 0.3) is 0 Å². The van der Waals surface area contributed by atoms with E-state index in [9.17, 15) is 4.79 Å². The molecule has 1 nitrogen and oxygen atoms in total.